The number of nitrogen functional groups attached to an aromatic ring is 1. The highest BCUT2D eigenvalue weighted by Gasteiger charge is 2.12. The largest absolute Gasteiger partial charge is 0.368 e. The lowest BCUT2D eigenvalue weighted by atomic mass is 10.3. The molecule has 0 amide bonds. The average molecular weight is 229 g/mol. The van der Waals surface area contributed by atoms with Gasteiger partial charge in [-0.3, -0.25) is 0 Å². The van der Waals surface area contributed by atoms with Gasteiger partial charge in [-0.2, -0.15) is 4.98 Å². The zero-order valence-corrected chi connectivity index (χ0v) is 10.1. The molecule has 5 heteroatoms. The molecule has 0 saturated carbocycles. The lowest BCUT2D eigenvalue weighted by Gasteiger charge is -2.27. The zero-order valence-electron chi connectivity index (χ0n) is 9.37. The van der Waals surface area contributed by atoms with Gasteiger partial charge in [-0.05, 0) is 20.3 Å². The van der Waals surface area contributed by atoms with Crippen LogP contribution < -0.4 is 10.6 Å². The summed E-state index contributed by atoms with van der Waals surface area (Å²) in [6.45, 7) is 7.29. The second kappa shape index (κ2) is 5.16. The minimum atomic E-state index is 0.222. The molecule has 0 bridgehead atoms. The van der Waals surface area contributed by atoms with E-state index in [1.54, 1.807) is 6.07 Å². The molecule has 0 atom stereocenters. The third-order valence-electron chi connectivity index (χ3n) is 2.08. The normalized spacial score (nSPS) is 10.7. The van der Waals surface area contributed by atoms with Crippen molar-refractivity contribution in [3.63, 3.8) is 0 Å². The van der Waals surface area contributed by atoms with Crippen LogP contribution in [0.3, 0.4) is 0 Å². The summed E-state index contributed by atoms with van der Waals surface area (Å²) < 4.78 is 0. The van der Waals surface area contributed by atoms with Crippen LogP contribution in [0.5, 0.6) is 0 Å². The van der Waals surface area contributed by atoms with Crippen LogP contribution in [0, 0.1) is 0 Å². The van der Waals surface area contributed by atoms with Crippen LogP contribution in [0.2, 0.25) is 5.15 Å². The summed E-state index contributed by atoms with van der Waals surface area (Å²) >= 11 is 5.84. The predicted octanol–water partition coefficient (Wildman–Crippen LogP) is 2.34. The monoisotopic (exact) mass is 228 g/mol. The zero-order chi connectivity index (χ0) is 11.4. The second-order valence-corrected chi connectivity index (χ2v) is 4.08. The van der Waals surface area contributed by atoms with Crippen molar-refractivity contribution in [3.05, 3.63) is 11.2 Å². The standard InChI is InChI=1S/C10H17ClN4/c1-4-5-15(7(2)3)9-6-8(11)13-10(12)14-9/h6-7H,4-5H2,1-3H3,(H2,12,13,14). The summed E-state index contributed by atoms with van der Waals surface area (Å²) in [7, 11) is 0. The molecule has 1 aromatic rings. The fraction of sp³-hybridized carbons (Fsp3) is 0.600. The third-order valence-corrected chi connectivity index (χ3v) is 2.27. The molecule has 4 nitrogen and oxygen atoms in total. The first-order valence-electron chi connectivity index (χ1n) is 5.11. The lowest BCUT2D eigenvalue weighted by Crippen LogP contribution is -2.32. The SMILES string of the molecule is CCCN(c1cc(Cl)nc(N)n1)C(C)C. The van der Waals surface area contributed by atoms with E-state index in [0.717, 1.165) is 18.8 Å². The molecule has 1 aromatic heterocycles. The van der Waals surface area contributed by atoms with E-state index in [2.05, 4.69) is 35.6 Å². The van der Waals surface area contributed by atoms with Crippen LogP contribution in [0.15, 0.2) is 6.07 Å². The summed E-state index contributed by atoms with van der Waals surface area (Å²) in [5, 5.41) is 0.388. The Balaban J connectivity index is 2.99. The van der Waals surface area contributed by atoms with Gasteiger partial charge in [0.25, 0.3) is 0 Å². The Kier molecular flexibility index (Phi) is 4.15. The first-order valence-corrected chi connectivity index (χ1v) is 5.49. The van der Waals surface area contributed by atoms with Crippen molar-refractivity contribution >= 4 is 23.4 Å². The summed E-state index contributed by atoms with van der Waals surface area (Å²) in [5.41, 5.74) is 5.56. The molecule has 0 aliphatic rings. The maximum Gasteiger partial charge on any atom is 0.223 e. The molecule has 1 heterocycles. The third kappa shape index (κ3) is 3.23. The highest BCUT2D eigenvalue weighted by atomic mass is 35.5. The smallest absolute Gasteiger partial charge is 0.223 e. The first-order chi connectivity index (χ1) is 7.04. The van der Waals surface area contributed by atoms with Crippen LogP contribution in [0.4, 0.5) is 11.8 Å². The Labute approximate surface area is 95.5 Å². The molecule has 0 aromatic carbocycles. The van der Waals surface area contributed by atoms with E-state index in [9.17, 15) is 0 Å². The van der Waals surface area contributed by atoms with Crippen LogP contribution in [0.1, 0.15) is 27.2 Å². The number of halogens is 1. The van der Waals surface area contributed by atoms with Crippen LogP contribution in [0.25, 0.3) is 0 Å². The van der Waals surface area contributed by atoms with Gasteiger partial charge in [0.15, 0.2) is 0 Å². The van der Waals surface area contributed by atoms with E-state index < -0.39 is 0 Å². The quantitative estimate of drug-likeness (QED) is 0.804. The topological polar surface area (TPSA) is 55.0 Å². The number of nitrogens with zero attached hydrogens (tertiary/aromatic N) is 3. The molecule has 0 spiro atoms. The molecule has 0 aliphatic carbocycles. The molecular weight excluding hydrogens is 212 g/mol. The van der Waals surface area contributed by atoms with E-state index in [-0.39, 0.29) is 5.95 Å². The Bertz CT molecular complexity index is 307. The average Bonchev–Trinajstić information content (AvgIpc) is 2.11. The molecule has 84 valence electrons. The minimum Gasteiger partial charge on any atom is -0.368 e. The molecule has 1 rings (SSSR count). The summed E-state index contributed by atoms with van der Waals surface area (Å²) in [6, 6.07) is 2.11. The minimum absolute atomic E-state index is 0.222. The van der Waals surface area contributed by atoms with Gasteiger partial charge in [-0.1, -0.05) is 18.5 Å². The van der Waals surface area contributed by atoms with E-state index in [4.69, 9.17) is 17.3 Å². The van der Waals surface area contributed by atoms with Crippen molar-refractivity contribution in [1.82, 2.24) is 9.97 Å². The van der Waals surface area contributed by atoms with Crippen molar-refractivity contribution in [1.29, 1.82) is 0 Å². The van der Waals surface area contributed by atoms with Crippen molar-refractivity contribution in [2.45, 2.75) is 33.2 Å². The number of hydrogen-bond acceptors (Lipinski definition) is 4. The second-order valence-electron chi connectivity index (χ2n) is 3.69. The van der Waals surface area contributed by atoms with E-state index in [1.165, 1.54) is 0 Å². The molecule has 0 radical (unpaired) electrons. The van der Waals surface area contributed by atoms with E-state index in [1.807, 2.05) is 0 Å². The fourth-order valence-electron chi connectivity index (χ4n) is 1.45. The van der Waals surface area contributed by atoms with Gasteiger partial charge in [0.1, 0.15) is 11.0 Å². The summed E-state index contributed by atoms with van der Waals surface area (Å²) in [4.78, 5) is 10.2. The molecule has 0 fully saturated rings. The fourth-order valence-corrected chi connectivity index (χ4v) is 1.63. The first kappa shape index (κ1) is 12.0. The Morgan fingerprint density at radius 3 is 2.60 bits per heavy atom. The molecule has 0 aliphatic heterocycles. The highest BCUT2D eigenvalue weighted by Crippen LogP contribution is 2.19. The van der Waals surface area contributed by atoms with Gasteiger partial charge >= 0.3 is 0 Å². The molecule has 0 unspecified atom stereocenters. The molecule has 2 N–H and O–H groups in total. The van der Waals surface area contributed by atoms with Crippen LogP contribution in [-0.4, -0.2) is 22.6 Å². The van der Waals surface area contributed by atoms with Gasteiger partial charge in [-0.25, -0.2) is 4.98 Å². The van der Waals surface area contributed by atoms with Gasteiger partial charge in [-0.15, -0.1) is 0 Å². The Hall–Kier alpha value is -1.03. The van der Waals surface area contributed by atoms with Crippen molar-refractivity contribution < 1.29 is 0 Å². The molecule has 15 heavy (non-hydrogen) atoms. The number of hydrogen-bond donors (Lipinski definition) is 1. The predicted molar refractivity (Wildman–Crippen MR) is 64.2 cm³/mol. The van der Waals surface area contributed by atoms with Crippen LogP contribution >= 0.6 is 11.6 Å². The van der Waals surface area contributed by atoms with Crippen LogP contribution in [-0.2, 0) is 0 Å². The number of aromatic nitrogens is 2. The number of anilines is 2. The molecular formula is C10H17ClN4. The number of nitrogens with two attached hydrogens (primary N) is 1. The van der Waals surface area contributed by atoms with Gasteiger partial charge in [0, 0.05) is 18.7 Å². The highest BCUT2D eigenvalue weighted by molar-refractivity contribution is 6.29. The maximum atomic E-state index is 5.84. The maximum absolute atomic E-state index is 5.84. The van der Waals surface area contributed by atoms with Crippen molar-refractivity contribution in [3.8, 4) is 0 Å². The lowest BCUT2D eigenvalue weighted by molar-refractivity contribution is 0.662. The summed E-state index contributed by atoms with van der Waals surface area (Å²) in [5.74, 6) is 1.02. The van der Waals surface area contributed by atoms with Crippen molar-refractivity contribution in [2.24, 2.45) is 0 Å². The van der Waals surface area contributed by atoms with E-state index in [0.29, 0.717) is 11.2 Å². The van der Waals surface area contributed by atoms with Gasteiger partial charge in [0.2, 0.25) is 5.95 Å². The Morgan fingerprint density at radius 1 is 1.47 bits per heavy atom. The van der Waals surface area contributed by atoms with Gasteiger partial charge in [0.05, 0.1) is 0 Å². The number of rotatable bonds is 4. The van der Waals surface area contributed by atoms with E-state index >= 15 is 0 Å². The van der Waals surface area contributed by atoms with Gasteiger partial charge < -0.3 is 10.6 Å². The summed E-state index contributed by atoms with van der Waals surface area (Å²) in [6.07, 6.45) is 1.06. The molecule has 0 saturated heterocycles. The Morgan fingerprint density at radius 2 is 2.13 bits per heavy atom. The van der Waals surface area contributed by atoms with Crippen molar-refractivity contribution in [2.75, 3.05) is 17.2 Å².